The Morgan fingerprint density at radius 2 is 1.33 bits per heavy atom. The van der Waals surface area contributed by atoms with Crippen molar-refractivity contribution in [3.05, 3.63) is 27.2 Å². The van der Waals surface area contributed by atoms with Crippen molar-refractivity contribution in [1.29, 1.82) is 0 Å². The number of halogens is 3. The van der Waals surface area contributed by atoms with E-state index in [-0.39, 0.29) is 49.7 Å². The summed E-state index contributed by atoms with van der Waals surface area (Å²) in [5.41, 5.74) is 0. The van der Waals surface area contributed by atoms with Crippen LogP contribution in [0.3, 0.4) is 0 Å². The molecule has 0 spiro atoms. The maximum absolute atomic E-state index is 12.6. The quantitative estimate of drug-likeness (QED) is 0.119. The molecule has 1 aromatic carbocycles. The molecule has 208 valence electrons. The first-order valence-corrected chi connectivity index (χ1v) is 14.2. The predicted molar refractivity (Wildman–Crippen MR) is 148 cm³/mol. The maximum atomic E-state index is 12.6. The molecule has 0 aliphatic heterocycles. The number of aliphatic hydroxyl groups is 1. The molecule has 8 nitrogen and oxygen atoms in total. The van der Waals surface area contributed by atoms with Crippen LogP contribution in [0.2, 0.25) is 15.1 Å². The van der Waals surface area contributed by atoms with Gasteiger partial charge in [-0.05, 0) is 48.6 Å². The molecule has 0 heterocycles. The molecular weight excluding hydrogens is 551 g/mol. The minimum Gasteiger partial charge on any atom is -0.399 e. The molecule has 0 bridgehead atoms. The summed E-state index contributed by atoms with van der Waals surface area (Å²) < 4.78 is 30.5. The van der Waals surface area contributed by atoms with Crippen molar-refractivity contribution >= 4 is 57.4 Å². The summed E-state index contributed by atoms with van der Waals surface area (Å²) in [4.78, 5) is 9.01. The lowest BCUT2D eigenvalue weighted by molar-refractivity contribution is 0.0982. The molecule has 36 heavy (non-hydrogen) atoms. The fourth-order valence-electron chi connectivity index (χ4n) is 3.08. The molecular formula is C24H39Cl3N2O6S. The van der Waals surface area contributed by atoms with Gasteiger partial charge in [0.1, 0.15) is 19.1 Å². The van der Waals surface area contributed by atoms with Gasteiger partial charge >= 0.3 is 0 Å². The number of oxime groups is 2. The minimum absolute atomic E-state index is 0.0408. The highest BCUT2D eigenvalue weighted by molar-refractivity contribution is 7.87. The highest BCUT2D eigenvalue weighted by atomic mass is 35.5. The number of aliphatic hydroxyl groups excluding tert-OH is 1. The Morgan fingerprint density at radius 1 is 0.861 bits per heavy atom. The van der Waals surface area contributed by atoms with Gasteiger partial charge in [-0.25, -0.2) is 0 Å². The van der Waals surface area contributed by atoms with Crippen molar-refractivity contribution in [1.82, 2.24) is 0 Å². The van der Waals surface area contributed by atoms with E-state index in [1.54, 1.807) is 12.4 Å². The summed E-state index contributed by atoms with van der Waals surface area (Å²) in [7, 11) is -1.13. The lowest BCUT2D eigenvalue weighted by Gasteiger charge is -2.25. The second-order valence-electron chi connectivity index (χ2n) is 8.48. The molecule has 0 saturated heterocycles. The van der Waals surface area contributed by atoms with Crippen molar-refractivity contribution in [2.45, 2.75) is 71.5 Å². The molecule has 0 radical (unpaired) electrons. The van der Waals surface area contributed by atoms with E-state index in [4.69, 9.17) is 39.0 Å². The van der Waals surface area contributed by atoms with Crippen LogP contribution in [0.15, 0.2) is 27.3 Å². The monoisotopic (exact) mass is 588 g/mol. The van der Waals surface area contributed by atoms with E-state index < -0.39 is 16.2 Å². The van der Waals surface area contributed by atoms with Gasteiger partial charge in [0.2, 0.25) is 0 Å². The van der Waals surface area contributed by atoms with Crippen molar-refractivity contribution < 1.29 is 27.4 Å². The van der Waals surface area contributed by atoms with Gasteiger partial charge in [-0.1, -0.05) is 86.7 Å². The Balaban J connectivity index is 0.000000860. The number of hydrogen-bond donors (Lipinski definition) is 1. The molecule has 1 rings (SSSR count). The largest absolute Gasteiger partial charge is 0.399 e. The lowest BCUT2D eigenvalue weighted by atomic mass is 9.90. The van der Waals surface area contributed by atoms with E-state index in [9.17, 15) is 13.5 Å². The van der Waals surface area contributed by atoms with Gasteiger partial charge in [0.15, 0.2) is 0 Å². The van der Waals surface area contributed by atoms with E-state index in [1.165, 1.54) is 26.4 Å². The van der Waals surface area contributed by atoms with Crippen molar-refractivity contribution in [2.24, 2.45) is 34.0 Å². The average Bonchev–Trinajstić information content (AvgIpc) is 2.85. The molecule has 0 unspecified atom stereocenters. The molecule has 6 atom stereocenters. The van der Waals surface area contributed by atoms with Gasteiger partial charge in [0, 0.05) is 12.4 Å². The highest BCUT2D eigenvalue weighted by Gasteiger charge is 2.29. The van der Waals surface area contributed by atoms with Crippen LogP contribution in [-0.2, 0) is 24.0 Å². The van der Waals surface area contributed by atoms with Crippen molar-refractivity contribution in [3.8, 4) is 0 Å². The first kappa shape index (κ1) is 34.9. The van der Waals surface area contributed by atoms with Crippen LogP contribution in [0.4, 0.5) is 0 Å². The van der Waals surface area contributed by atoms with E-state index >= 15 is 0 Å². The smallest absolute Gasteiger partial charge is 0.298 e. The zero-order valence-corrected chi connectivity index (χ0v) is 25.2. The Bertz CT molecular complexity index is 946. The van der Waals surface area contributed by atoms with Gasteiger partial charge in [0.25, 0.3) is 10.1 Å². The SMILES string of the molecule is CC[C@@H](O)[C@@H](C)[C@H](C)C=NOC.CC[C@@H](OS(=O)(=O)c1cc(Cl)c(Cl)cc1Cl)[C@@H](C)[C@H](C)C=NOC. The van der Waals surface area contributed by atoms with Crippen LogP contribution in [0.1, 0.15) is 54.4 Å². The van der Waals surface area contributed by atoms with Crippen LogP contribution >= 0.6 is 34.8 Å². The second kappa shape index (κ2) is 17.4. The number of rotatable bonds is 13. The first-order valence-electron chi connectivity index (χ1n) is 11.7. The van der Waals surface area contributed by atoms with Gasteiger partial charge in [0.05, 0.1) is 27.3 Å². The van der Waals surface area contributed by atoms with Crippen molar-refractivity contribution in [2.75, 3.05) is 14.2 Å². The number of hydrogen-bond acceptors (Lipinski definition) is 8. The normalized spacial score (nSPS) is 17.1. The third-order valence-electron chi connectivity index (χ3n) is 5.97. The summed E-state index contributed by atoms with van der Waals surface area (Å²) in [6.45, 7) is 11.6. The van der Waals surface area contributed by atoms with Crippen molar-refractivity contribution in [3.63, 3.8) is 0 Å². The molecule has 12 heteroatoms. The first-order chi connectivity index (χ1) is 16.8. The Kier molecular flexibility index (Phi) is 16.9. The summed E-state index contributed by atoms with van der Waals surface area (Å²) in [6.07, 6.45) is 3.80. The number of nitrogens with zero attached hydrogens (tertiary/aromatic N) is 2. The van der Waals surface area contributed by atoms with Crippen LogP contribution in [-0.4, -0.2) is 52.4 Å². The van der Waals surface area contributed by atoms with Gasteiger partial charge in [-0.3, -0.25) is 4.18 Å². The zero-order valence-electron chi connectivity index (χ0n) is 22.1. The maximum Gasteiger partial charge on any atom is 0.298 e. The number of benzene rings is 1. The Labute approximate surface area is 231 Å². The summed E-state index contributed by atoms with van der Waals surface area (Å²) in [5.74, 6) is 0.313. The molecule has 0 aliphatic carbocycles. The molecule has 0 amide bonds. The Morgan fingerprint density at radius 3 is 1.78 bits per heavy atom. The lowest BCUT2D eigenvalue weighted by Crippen LogP contribution is -2.29. The standard InChI is InChI=1S/C15H20Cl3NO4S.C9H19NO2/c1-5-14(10(3)9(2)8-19-22-4)23-24(20,21)15-7-12(17)11(16)6-13(15)18;1-5-9(11)8(3)7(2)6-10-12-4/h6-10,14H,5H2,1-4H3;6-9,11H,5H2,1-4H3/t9-,10+,14-;7-,8+,9-/m11/s1. The van der Waals surface area contributed by atoms with E-state index in [0.29, 0.717) is 6.42 Å². The third kappa shape index (κ3) is 11.5. The molecule has 0 fully saturated rings. The fourth-order valence-corrected chi connectivity index (χ4v) is 5.28. The second-order valence-corrected chi connectivity index (χ2v) is 11.2. The molecule has 1 N–H and O–H groups in total. The highest BCUT2D eigenvalue weighted by Crippen LogP contribution is 2.34. The molecule has 1 aromatic rings. The van der Waals surface area contributed by atoms with E-state index in [1.807, 2.05) is 41.5 Å². The predicted octanol–water partition coefficient (Wildman–Crippen LogP) is 6.70. The zero-order chi connectivity index (χ0) is 28.1. The van der Waals surface area contributed by atoms with Crippen LogP contribution < -0.4 is 0 Å². The average molecular weight is 590 g/mol. The van der Waals surface area contributed by atoms with Crippen LogP contribution in [0.25, 0.3) is 0 Å². The van der Waals surface area contributed by atoms with Gasteiger partial charge in [-0.15, -0.1) is 0 Å². The topological polar surface area (TPSA) is 107 Å². The summed E-state index contributed by atoms with van der Waals surface area (Å²) in [5, 5.41) is 17.1. The summed E-state index contributed by atoms with van der Waals surface area (Å²) in [6, 6.07) is 2.47. The van der Waals surface area contributed by atoms with E-state index in [2.05, 4.69) is 20.0 Å². The fraction of sp³-hybridized carbons (Fsp3) is 0.667. The van der Waals surface area contributed by atoms with E-state index in [0.717, 1.165) is 6.42 Å². The van der Waals surface area contributed by atoms with Gasteiger partial charge in [-0.2, -0.15) is 8.42 Å². The van der Waals surface area contributed by atoms with Gasteiger partial charge < -0.3 is 14.8 Å². The molecule has 0 saturated carbocycles. The minimum atomic E-state index is -4.09. The van der Waals surface area contributed by atoms with Crippen LogP contribution in [0.5, 0.6) is 0 Å². The Hall–Kier alpha value is -1.10. The molecule has 0 aromatic heterocycles. The van der Waals surface area contributed by atoms with Crippen LogP contribution in [0, 0.1) is 23.7 Å². The molecule has 0 aliphatic rings. The third-order valence-corrected chi connectivity index (χ3v) is 8.49. The summed E-state index contributed by atoms with van der Waals surface area (Å²) >= 11 is 17.7.